The van der Waals surface area contributed by atoms with Gasteiger partial charge in [0.05, 0.1) is 7.11 Å². The van der Waals surface area contributed by atoms with Gasteiger partial charge >= 0.3 is 0 Å². The normalized spacial score (nSPS) is 26.0. The summed E-state index contributed by atoms with van der Waals surface area (Å²) in [5.41, 5.74) is 5.76. The van der Waals surface area contributed by atoms with Crippen LogP contribution >= 0.6 is 0 Å². The van der Waals surface area contributed by atoms with E-state index in [4.69, 9.17) is 10.5 Å². The number of ether oxygens (including phenoxy) is 1. The number of carbonyl (C=O) groups is 1. The number of nitrogen functional groups attached to an aromatic ring is 1. The van der Waals surface area contributed by atoms with E-state index in [1.165, 1.54) is 0 Å². The molecule has 2 saturated heterocycles. The number of likely N-dealkylation sites (N-methyl/N-ethyl adjacent to an activating group) is 1. The summed E-state index contributed by atoms with van der Waals surface area (Å²) in [5.74, 6) is 1.61. The standard InChI is InChI=1S/C15H24N6O2/c1-20-7-8-21(11-9-13(23-2)19-14(16)18-11)10-15(20)4-3-12(22)17-6-5-15/h9H,3-8,10H2,1-2H3,(H,17,22)(H2,16,18,19)/t15-/m0/s1. The third-order valence-electron chi connectivity index (χ3n) is 4.97. The zero-order valence-corrected chi connectivity index (χ0v) is 13.7. The first-order valence-electron chi connectivity index (χ1n) is 7.94. The number of carbonyl (C=O) groups excluding carboxylic acids is 1. The largest absolute Gasteiger partial charge is 0.481 e. The first kappa shape index (κ1) is 15.8. The van der Waals surface area contributed by atoms with E-state index >= 15 is 0 Å². The molecule has 3 N–H and O–H groups in total. The summed E-state index contributed by atoms with van der Waals surface area (Å²) >= 11 is 0. The number of methoxy groups -OCH3 is 1. The molecule has 1 aromatic heterocycles. The smallest absolute Gasteiger partial charge is 0.225 e. The van der Waals surface area contributed by atoms with Crippen molar-refractivity contribution >= 4 is 17.7 Å². The number of hydrogen-bond acceptors (Lipinski definition) is 7. The molecule has 1 aromatic rings. The third kappa shape index (κ3) is 3.17. The Hall–Kier alpha value is -2.09. The summed E-state index contributed by atoms with van der Waals surface area (Å²) in [5, 5.41) is 2.97. The maximum Gasteiger partial charge on any atom is 0.225 e. The molecule has 0 aliphatic carbocycles. The van der Waals surface area contributed by atoms with Gasteiger partial charge in [-0.15, -0.1) is 0 Å². The van der Waals surface area contributed by atoms with Crippen molar-refractivity contribution < 1.29 is 9.53 Å². The van der Waals surface area contributed by atoms with E-state index in [-0.39, 0.29) is 17.4 Å². The highest BCUT2D eigenvalue weighted by Crippen LogP contribution is 2.32. The zero-order valence-electron chi connectivity index (χ0n) is 13.7. The Morgan fingerprint density at radius 2 is 2.17 bits per heavy atom. The first-order chi connectivity index (χ1) is 11.0. The number of aromatic nitrogens is 2. The van der Waals surface area contributed by atoms with Crippen LogP contribution in [0, 0.1) is 0 Å². The van der Waals surface area contributed by atoms with Crippen molar-refractivity contribution in [3.05, 3.63) is 6.07 Å². The lowest BCUT2D eigenvalue weighted by molar-refractivity contribution is -0.120. The van der Waals surface area contributed by atoms with Gasteiger partial charge in [0.1, 0.15) is 5.82 Å². The fourth-order valence-electron chi connectivity index (χ4n) is 3.49. The Morgan fingerprint density at radius 1 is 1.35 bits per heavy atom. The Labute approximate surface area is 136 Å². The molecule has 1 amide bonds. The Balaban J connectivity index is 1.85. The van der Waals surface area contributed by atoms with E-state index in [0.29, 0.717) is 18.8 Å². The summed E-state index contributed by atoms with van der Waals surface area (Å²) in [4.78, 5) is 24.7. The number of piperazine rings is 1. The van der Waals surface area contributed by atoms with Gasteiger partial charge in [0, 0.05) is 44.2 Å². The van der Waals surface area contributed by atoms with Crippen molar-refractivity contribution in [3.8, 4) is 5.88 Å². The number of hydrogen-bond donors (Lipinski definition) is 2. The van der Waals surface area contributed by atoms with Crippen molar-refractivity contribution in [2.75, 3.05) is 51.0 Å². The van der Waals surface area contributed by atoms with Crippen LogP contribution < -0.4 is 20.7 Å². The molecule has 126 valence electrons. The van der Waals surface area contributed by atoms with Gasteiger partial charge in [-0.05, 0) is 19.9 Å². The van der Waals surface area contributed by atoms with Crippen LogP contribution in [0.2, 0.25) is 0 Å². The van der Waals surface area contributed by atoms with Crippen LogP contribution in [0.3, 0.4) is 0 Å². The predicted octanol–water partition coefficient (Wildman–Crippen LogP) is -0.142. The molecule has 0 saturated carbocycles. The lowest BCUT2D eigenvalue weighted by atomic mass is 9.86. The van der Waals surface area contributed by atoms with Gasteiger partial charge in [0.2, 0.25) is 17.7 Å². The minimum atomic E-state index is -0.0235. The van der Waals surface area contributed by atoms with Crippen LogP contribution in [0.25, 0.3) is 0 Å². The highest BCUT2D eigenvalue weighted by atomic mass is 16.5. The zero-order chi connectivity index (χ0) is 16.4. The molecule has 1 spiro atoms. The molecular weight excluding hydrogens is 296 g/mol. The van der Waals surface area contributed by atoms with Gasteiger partial charge in [-0.2, -0.15) is 9.97 Å². The highest BCUT2D eigenvalue weighted by Gasteiger charge is 2.41. The van der Waals surface area contributed by atoms with Gasteiger partial charge in [0.25, 0.3) is 0 Å². The lowest BCUT2D eigenvalue weighted by Gasteiger charge is -2.49. The molecule has 0 unspecified atom stereocenters. The van der Waals surface area contributed by atoms with E-state index in [2.05, 4.69) is 32.1 Å². The molecule has 23 heavy (non-hydrogen) atoms. The van der Waals surface area contributed by atoms with E-state index in [0.717, 1.165) is 38.3 Å². The fourth-order valence-corrected chi connectivity index (χ4v) is 3.49. The second-order valence-corrected chi connectivity index (χ2v) is 6.29. The number of nitrogens with one attached hydrogen (secondary N) is 1. The lowest BCUT2D eigenvalue weighted by Crippen LogP contribution is -2.61. The second-order valence-electron chi connectivity index (χ2n) is 6.29. The fraction of sp³-hybridized carbons (Fsp3) is 0.667. The molecule has 2 aliphatic heterocycles. The monoisotopic (exact) mass is 320 g/mol. The SMILES string of the molecule is COc1cc(N2CCN(C)[C@@]3(CCNC(=O)CC3)C2)nc(N)n1. The number of rotatable bonds is 2. The van der Waals surface area contributed by atoms with E-state index in [1.807, 2.05) is 6.07 Å². The summed E-state index contributed by atoms with van der Waals surface area (Å²) in [6, 6.07) is 1.81. The summed E-state index contributed by atoms with van der Waals surface area (Å²) < 4.78 is 5.20. The van der Waals surface area contributed by atoms with Crippen molar-refractivity contribution in [3.63, 3.8) is 0 Å². The maximum atomic E-state index is 11.7. The van der Waals surface area contributed by atoms with Gasteiger partial charge in [-0.3, -0.25) is 9.69 Å². The van der Waals surface area contributed by atoms with E-state index in [9.17, 15) is 4.79 Å². The highest BCUT2D eigenvalue weighted by molar-refractivity contribution is 5.76. The molecule has 8 nitrogen and oxygen atoms in total. The molecule has 0 bridgehead atoms. The molecule has 2 fully saturated rings. The molecule has 3 rings (SSSR count). The quantitative estimate of drug-likeness (QED) is 0.783. The Bertz CT molecular complexity index is 595. The molecule has 1 atom stereocenters. The Morgan fingerprint density at radius 3 is 2.96 bits per heavy atom. The minimum Gasteiger partial charge on any atom is -0.481 e. The first-order valence-corrected chi connectivity index (χ1v) is 7.94. The van der Waals surface area contributed by atoms with Crippen LogP contribution in [0.15, 0.2) is 6.07 Å². The average Bonchev–Trinajstić information content (AvgIpc) is 2.72. The van der Waals surface area contributed by atoms with E-state index in [1.54, 1.807) is 7.11 Å². The molecular formula is C15H24N6O2. The number of anilines is 2. The summed E-state index contributed by atoms with van der Waals surface area (Å²) in [7, 11) is 3.71. The van der Waals surface area contributed by atoms with Crippen molar-refractivity contribution in [1.29, 1.82) is 0 Å². The minimum absolute atomic E-state index is 0.0235. The molecule has 3 heterocycles. The number of nitrogens with two attached hydrogens (primary N) is 1. The predicted molar refractivity (Wildman–Crippen MR) is 87.4 cm³/mol. The van der Waals surface area contributed by atoms with Crippen LogP contribution in [0.5, 0.6) is 5.88 Å². The van der Waals surface area contributed by atoms with Gasteiger partial charge in [0.15, 0.2) is 0 Å². The van der Waals surface area contributed by atoms with Crippen molar-refractivity contribution in [2.24, 2.45) is 0 Å². The average molecular weight is 320 g/mol. The molecule has 0 aromatic carbocycles. The van der Waals surface area contributed by atoms with Crippen LogP contribution in [0.4, 0.5) is 11.8 Å². The summed E-state index contributed by atoms with van der Waals surface area (Å²) in [6.07, 6.45) is 2.35. The molecule has 2 aliphatic rings. The maximum absolute atomic E-state index is 11.7. The number of nitrogens with zero attached hydrogens (tertiary/aromatic N) is 4. The van der Waals surface area contributed by atoms with Crippen molar-refractivity contribution in [1.82, 2.24) is 20.2 Å². The van der Waals surface area contributed by atoms with Gasteiger partial charge in [-0.25, -0.2) is 0 Å². The summed E-state index contributed by atoms with van der Waals surface area (Å²) in [6.45, 7) is 3.31. The third-order valence-corrected chi connectivity index (χ3v) is 4.97. The van der Waals surface area contributed by atoms with Crippen molar-refractivity contribution in [2.45, 2.75) is 24.8 Å². The number of amides is 1. The van der Waals surface area contributed by atoms with Crippen LogP contribution in [0.1, 0.15) is 19.3 Å². The van der Waals surface area contributed by atoms with Crippen LogP contribution in [-0.4, -0.2) is 66.7 Å². The Kier molecular flexibility index (Phi) is 4.25. The molecule has 8 heteroatoms. The van der Waals surface area contributed by atoms with E-state index < -0.39 is 0 Å². The topological polar surface area (TPSA) is 96.6 Å². The van der Waals surface area contributed by atoms with Gasteiger partial charge < -0.3 is 20.7 Å². The van der Waals surface area contributed by atoms with Crippen LogP contribution in [-0.2, 0) is 4.79 Å². The van der Waals surface area contributed by atoms with Gasteiger partial charge in [-0.1, -0.05) is 0 Å². The molecule has 0 radical (unpaired) electrons. The second kappa shape index (κ2) is 6.19.